The van der Waals surface area contributed by atoms with Crippen molar-refractivity contribution in [3.05, 3.63) is 44.5 Å². The van der Waals surface area contributed by atoms with Crippen LogP contribution in [0.25, 0.3) is 0 Å². The van der Waals surface area contributed by atoms with Crippen molar-refractivity contribution in [2.45, 2.75) is 20.8 Å². The molecule has 4 heteroatoms. The highest BCUT2D eigenvalue weighted by Crippen LogP contribution is 2.25. The van der Waals surface area contributed by atoms with E-state index in [2.05, 4.69) is 0 Å². The van der Waals surface area contributed by atoms with E-state index in [1.807, 2.05) is 6.92 Å². The number of ketones is 1. The van der Waals surface area contributed by atoms with Crippen LogP contribution >= 0.6 is 11.3 Å². The second-order valence-corrected chi connectivity index (χ2v) is 5.18. The number of thiophene rings is 1. The Labute approximate surface area is 103 Å². The van der Waals surface area contributed by atoms with Gasteiger partial charge in [0.2, 0.25) is 0 Å². The summed E-state index contributed by atoms with van der Waals surface area (Å²) in [6, 6.07) is 3.37. The van der Waals surface area contributed by atoms with Crippen molar-refractivity contribution in [1.82, 2.24) is 0 Å². The summed E-state index contributed by atoms with van der Waals surface area (Å²) in [7, 11) is 0. The van der Waals surface area contributed by atoms with Gasteiger partial charge in [-0.2, -0.15) is 0 Å². The second kappa shape index (κ2) is 4.30. The van der Waals surface area contributed by atoms with Gasteiger partial charge in [0.15, 0.2) is 12.1 Å². The zero-order valence-corrected chi connectivity index (χ0v) is 10.7. The Balaban J connectivity index is 2.46. The molecule has 0 N–H and O–H groups in total. The molecule has 2 rings (SSSR count). The summed E-state index contributed by atoms with van der Waals surface area (Å²) in [6.45, 7) is 5.41. The van der Waals surface area contributed by atoms with Crippen LogP contribution in [0.1, 0.15) is 42.0 Å². The van der Waals surface area contributed by atoms with Crippen molar-refractivity contribution >= 4 is 23.4 Å². The van der Waals surface area contributed by atoms with Crippen LogP contribution < -0.4 is 0 Å². The van der Waals surface area contributed by atoms with E-state index in [1.165, 1.54) is 11.3 Å². The second-order valence-electron chi connectivity index (χ2n) is 3.89. The number of furan rings is 1. The summed E-state index contributed by atoms with van der Waals surface area (Å²) in [5.41, 5.74) is 1.15. The van der Waals surface area contributed by atoms with Gasteiger partial charge >= 0.3 is 0 Å². The van der Waals surface area contributed by atoms with Crippen molar-refractivity contribution in [3.63, 3.8) is 0 Å². The van der Waals surface area contributed by atoms with Gasteiger partial charge < -0.3 is 4.42 Å². The number of carbonyl (C=O) groups is 2. The summed E-state index contributed by atoms with van der Waals surface area (Å²) in [5.74, 6) is 1.25. The molecule has 0 radical (unpaired) electrons. The van der Waals surface area contributed by atoms with Crippen molar-refractivity contribution in [1.29, 1.82) is 0 Å². The molecule has 0 spiro atoms. The predicted octanol–water partition coefficient (Wildman–Crippen LogP) is 3.31. The highest BCUT2D eigenvalue weighted by Gasteiger charge is 2.19. The topological polar surface area (TPSA) is 47.3 Å². The average molecular weight is 248 g/mol. The van der Waals surface area contributed by atoms with Gasteiger partial charge in [-0.3, -0.25) is 9.59 Å². The molecule has 2 heterocycles. The summed E-state index contributed by atoms with van der Waals surface area (Å²) >= 11 is 1.33. The largest absolute Gasteiger partial charge is 0.466 e. The maximum absolute atomic E-state index is 12.3. The molecule has 0 unspecified atom stereocenters. The first-order valence-electron chi connectivity index (χ1n) is 5.20. The molecule has 0 amide bonds. The third-order valence-electron chi connectivity index (χ3n) is 2.58. The van der Waals surface area contributed by atoms with Gasteiger partial charge in [-0.15, -0.1) is 11.3 Å². The van der Waals surface area contributed by atoms with E-state index in [0.29, 0.717) is 27.5 Å². The molecule has 2 aromatic heterocycles. The van der Waals surface area contributed by atoms with Crippen molar-refractivity contribution < 1.29 is 14.0 Å². The first kappa shape index (κ1) is 11.8. The van der Waals surface area contributed by atoms with Crippen LogP contribution in [0.3, 0.4) is 0 Å². The fourth-order valence-corrected chi connectivity index (χ4v) is 2.63. The molecule has 0 fully saturated rings. The third kappa shape index (κ3) is 2.08. The Hall–Kier alpha value is -1.68. The fourth-order valence-electron chi connectivity index (χ4n) is 1.79. The predicted molar refractivity (Wildman–Crippen MR) is 66.1 cm³/mol. The quantitative estimate of drug-likeness (QED) is 0.618. The molecule has 88 valence electrons. The SMILES string of the molecule is Cc1cc(C(=O)c2cc(C=O)sc2C)c(C)o1. The Morgan fingerprint density at radius 2 is 1.94 bits per heavy atom. The van der Waals surface area contributed by atoms with E-state index in [9.17, 15) is 9.59 Å². The molecular formula is C13H12O3S. The molecule has 17 heavy (non-hydrogen) atoms. The number of carbonyl (C=O) groups excluding carboxylic acids is 2. The van der Waals surface area contributed by atoms with Crippen LogP contribution in [0.2, 0.25) is 0 Å². The van der Waals surface area contributed by atoms with E-state index in [-0.39, 0.29) is 5.78 Å². The number of hydrogen-bond acceptors (Lipinski definition) is 4. The number of rotatable bonds is 3. The lowest BCUT2D eigenvalue weighted by Crippen LogP contribution is -2.01. The zero-order valence-electron chi connectivity index (χ0n) is 9.87. The third-order valence-corrected chi connectivity index (χ3v) is 3.56. The Morgan fingerprint density at radius 3 is 2.41 bits per heavy atom. The van der Waals surface area contributed by atoms with Gasteiger partial charge in [0.25, 0.3) is 0 Å². The summed E-state index contributed by atoms with van der Waals surface area (Å²) in [6.07, 6.45) is 0.766. The molecule has 0 atom stereocenters. The molecule has 0 aliphatic rings. The molecule has 0 aliphatic heterocycles. The maximum Gasteiger partial charge on any atom is 0.197 e. The molecule has 0 aromatic carbocycles. The molecular weight excluding hydrogens is 236 g/mol. The maximum atomic E-state index is 12.3. The van der Waals surface area contributed by atoms with Crippen LogP contribution in [0.5, 0.6) is 0 Å². The Bertz CT molecular complexity index is 590. The zero-order chi connectivity index (χ0) is 12.6. The lowest BCUT2D eigenvalue weighted by Gasteiger charge is -1.97. The van der Waals surface area contributed by atoms with Crippen LogP contribution in [-0.4, -0.2) is 12.1 Å². The summed E-state index contributed by atoms with van der Waals surface area (Å²) < 4.78 is 5.34. The monoisotopic (exact) mass is 248 g/mol. The average Bonchev–Trinajstić information content (AvgIpc) is 2.81. The van der Waals surface area contributed by atoms with Crippen molar-refractivity contribution in [2.24, 2.45) is 0 Å². The smallest absolute Gasteiger partial charge is 0.197 e. The number of aldehydes is 1. The Morgan fingerprint density at radius 1 is 1.24 bits per heavy atom. The normalized spacial score (nSPS) is 10.5. The van der Waals surface area contributed by atoms with E-state index in [0.717, 1.165) is 11.2 Å². The van der Waals surface area contributed by atoms with Gasteiger partial charge in [-0.1, -0.05) is 0 Å². The van der Waals surface area contributed by atoms with Crippen LogP contribution in [0.4, 0.5) is 0 Å². The van der Waals surface area contributed by atoms with Crippen LogP contribution in [0, 0.1) is 20.8 Å². The summed E-state index contributed by atoms with van der Waals surface area (Å²) in [4.78, 5) is 24.4. The minimum absolute atomic E-state index is 0.0822. The van der Waals surface area contributed by atoms with Crippen LogP contribution in [0.15, 0.2) is 16.5 Å². The van der Waals surface area contributed by atoms with Gasteiger partial charge in [0.1, 0.15) is 11.5 Å². The van der Waals surface area contributed by atoms with Gasteiger partial charge in [0.05, 0.1) is 10.4 Å². The van der Waals surface area contributed by atoms with Gasteiger partial charge in [-0.25, -0.2) is 0 Å². The minimum Gasteiger partial charge on any atom is -0.466 e. The standard InChI is InChI=1S/C13H12O3S/c1-7-4-11(8(2)16-7)13(15)12-5-10(6-14)17-9(12)3/h4-6H,1-3H3. The van der Waals surface area contributed by atoms with E-state index < -0.39 is 0 Å². The van der Waals surface area contributed by atoms with Crippen molar-refractivity contribution in [3.8, 4) is 0 Å². The minimum atomic E-state index is -0.0822. The summed E-state index contributed by atoms with van der Waals surface area (Å²) in [5, 5.41) is 0. The molecule has 3 nitrogen and oxygen atoms in total. The van der Waals surface area contributed by atoms with Crippen LogP contribution in [-0.2, 0) is 0 Å². The van der Waals surface area contributed by atoms with E-state index in [1.54, 1.807) is 26.0 Å². The first-order chi connectivity index (χ1) is 8.02. The van der Waals surface area contributed by atoms with E-state index >= 15 is 0 Å². The number of aryl methyl sites for hydroxylation is 3. The molecule has 2 aromatic rings. The number of hydrogen-bond donors (Lipinski definition) is 0. The highest BCUT2D eigenvalue weighted by atomic mass is 32.1. The Kier molecular flexibility index (Phi) is 2.98. The van der Waals surface area contributed by atoms with Gasteiger partial charge in [0, 0.05) is 10.4 Å². The highest BCUT2D eigenvalue weighted by molar-refractivity contribution is 7.14. The fraction of sp³-hybridized carbons (Fsp3) is 0.231. The lowest BCUT2D eigenvalue weighted by molar-refractivity contribution is 0.103. The lowest BCUT2D eigenvalue weighted by atomic mass is 10.0. The van der Waals surface area contributed by atoms with Gasteiger partial charge in [-0.05, 0) is 32.9 Å². The van der Waals surface area contributed by atoms with E-state index in [4.69, 9.17) is 4.42 Å². The first-order valence-corrected chi connectivity index (χ1v) is 6.02. The molecule has 0 aliphatic carbocycles. The molecule has 0 saturated carbocycles. The molecule has 0 saturated heterocycles. The molecule has 0 bridgehead atoms. The van der Waals surface area contributed by atoms with Crippen molar-refractivity contribution in [2.75, 3.05) is 0 Å².